The predicted molar refractivity (Wildman–Crippen MR) is 73.2 cm³/mol. The molecular weight excluding hydrogens is 253 g/mol. The zero-order valence-corrected chi connectivity index (χ0v) is 11.8. The molecule has 0 heterocycles. The van der Waals surface area contributed by atoms with Crippen LogP contribution < -0.4 is 5.73 Å². The van der Waals surface area contributed by atoms with Gasteiger partial charge in [0.2, 0.25) is 0 Å². The number of aryl methyl sites for hydroxylation is 1. The van der Waals surface area contributed by atoms with Crippen molar-refractivity contribution < 1.29 is 9.50 Å². The second-order valence-electron chi connectivity index (χ2n) is 5.16. The van der Waals surface area contributed by atoms with Crippen LogP contribution in [0.2, 0.25) is 5.02 Å². The van der Waals surface area contributed by atoms with Gasteiger partial charge in [-0.25, -0.2) is 4.39 Å². The van der Waals surface area contributed by atoms with Gasteiger partial charge >= 0.3 is 0 Å². The Morgan fingerprint density at radius 1 is 1.33 bits per heavy atom. The Bertz CT molecular complexity index is 409. The first-order valence-electron chi connectivity index (χ1n) is 6.22. The van der Waals surface area contributed by atoms with E-state index in [4.69, 9.17) is 17.3 Å². The van der Waals surface area contributed by atoms with E-state index >= 15 is 0 Å². The monoisotopic (exact) mass is 273 g/mol. The lowest BCUT2D eigenvalue weighted by Gasteiger charge is -2.22. The summed E-state index contributed by atoms with van der Waals surface area (Å²) in [5, 5.41) is 10.3. The van der Waals surface area contributed by atoms with Crippen LogP contribution in [0.15, 0.2) is 12.1 Å². The lowest BCUT2D eigenvalue weighted by Crippen LogP contribution is -2.28. The molecule has 3 N–H and O–H groups in total. The second kappa shape index (κ2) is 6.50. The van der Waals surface area contributed by atoms with E-state index in [-0.39, 0.29) is 10.6 Å². The number of aliphatic hydroxyl groups excluding tert-OH is 1. The van der Waals surface area contributed by atoms with Gasteiger partial charge in [0.1, 0.15) is 5.82 Å². The molecule has 2 atom stereocenters. The van der Waals surface area contributed by atoms with Crippen LogP contribution in [0.5, 0.6) is 0 Å². The molecule has 0 amide bonds. The molecule has 18 heavy (non-hydrogen) atoms. The Balaban J connectivity index is 2.89. The molecule has 1 rings (SSSR count). The molecule has 0 saturated carbocycles. The third-order valence-electron chi connectivity index (χ3n) is 3.11. The third-order valence-corrected chi connectivity index (χ3v) is 3.44. The molecule has 0 fully saturated rings. The van der Waals surface area contributed by atoms with E-state index in [0.29, 0.717) is 17.9 Å². The summed E-state index contributed by atoms with van der Waals surface area (Å²) in [5.74, 6) is 0.0586. The van der Waals surface area contributed by atoms with Crippen LogP contribution in [0.1, 0.15) is 43.9 Å². The minimum atomic E-state index is -0.781. The molecule has 4 heteroatoms. The normalized spacial score (nSPS) is 14.9. The van der Waals surface area contributed by atoms with E-state index in [2.05, 4.69) is 13.8 Å². The van der Waals surface area contributed by atoms with Crippen molar-refractivity contribution in [2.45, 2.75) is 45.8 Å². The largest absolute Gasteiger partial charge is 0.391 e. The van der Waals surface area contributed by atoms with Crippen LogP contribution in [-0.4, -0.2) is 11.2 Å². The zero-order valence-electron chi connectivity index (χ0n) is 11.1. The SMILES string of the molecule is Cc1ccc(Cl)c([C@@H](N)[C@@H](O)CCC(C)C)c1F. The average molecular weight is 274 g/mol. The molecule has 0 aliphatic rings. The number of benzene rings is 1. The van der Waals surface area contributed by atoms with Crippen molar-refractivity contribution >= 4 is 11.6 Å². The molecule has 1 aromatic rings. The van der Waals surface area contributed by atoms with Gasteiger partial charge in [-0.2, -0.15) is 0 Å². The van der Waals surface area contributed by atoms with Gasteiger partial charge < -0.3 is 10.8 Å². The second-order valence-corrected chi connectivity index (χ2v) is 5.56. The van der Waals surface area contributed by atoms with Crippen molar-refractivity contribution in [3.63, 3.8) is 0 Å². The fourth-order valence-corrected chi connectivity index (χ4v) is 2.13. The van der Waals surface area contributed by atoms with Crippen LogP contribution in [0.3, 0.4) is 0 Å². The molecule has 0 spiro atoms. The lowest BCUT2D eigenvalue weighted by molar-refractivity contribution is 0.127. The molecule has 0 radical (unpaired) electrons. The van der Waals surface area contributed by atoms with Crippen molar-refractivity contribution in [1.29, 1.82) is 0 Å². The van der Waals surface area contributed by atoms with Gasteiger partial charge in [-0.05, 0) is 37.3 Å². The highest BCUT2D eigenvalue weighted by atomic mass is 35.5. The summed E-state index contributed by atoms with van der Waals surface area (Å²) in [7, 11) is 0. The van der Waals surface area contributed by atoms with Gasteiger partial charge in [0.15, 0.2) is 0 Å². The number of aliphatic hydroxyl groups is 1. The number of hydrogen-bond acceptors (Lipinski definition) is 2. The summed E-state index contributed by atoms with van der Waals surface area (Å²) in [4.78, 5) is 0. The van der Waals surface area contributed by atoms with Crippen LogP contribution in [-0.2, 0) is 0 Å². The van der Waals surface area contributed by atoms with Crippen LogP contribution >= 0.6 is 11.6 Å². The van der Waals surface area contributed by atoms with Crippen LogP contribution in [0.25, 0.3) is 0 Å². The van der Waals surface area contributed by atoms with E-state index in [1.165, 1.54) is 0 Å². The molecular formula is C14H21ClFNO. The van der Waals surface area contributed by atoms with Gasteiger partial charge in [-0.1, -0.05) is 31.5 Å². The maximum atomic E-state index is 14.0. The summed E-state index contributed by atoms with van der Waals surface area (Å²) in [6, 6.07) is 2.44. The average Bonchev–Trinajstić information content (AvgIpc) is 2.31. The topological polar surface area (TPSA) is 46.2 Å². The molecule has 0 aliphatic heterocycles. The Kier molecular flexibility index (Phi) is 5.57. The highest BCUT2D eigenvalue weighted by Gasteiger charge is 2.23. The summed E-state index contributed by atoms with van der Waals surface area (Å²) < 4.78 is 14.0. The third kappa shape index (κ3) is 3.67. The van der Waals surface area contributed by atoms with Crippen molar-refractivity contribution in [3.8, 4) is 0 Å². The summed E-state index contributed by atoms with van der Waals surface area (Å²) >= 11 is 5.97. The van der Waals surface area contributed by atoms with E-state index < -0.39 is 18.0 Å². The highest BCUT2D eigenvalue weighted by molar-refractivity contribution is 6.31. The summed E-state index contributed by atoms with van der Waals surface area (Å²) in [6.07, 6.45) is 0.615. The van der Waals surface area contributed by atoms with Crippen molar-refractivity contribution in [2.75, 3.05) is 0 Å². The minimum absolute atomic E-state index is 0.216. The lowest BCUT2D eigenvalue weighted by atomic mass is 9.94. The molecule has 102 valence electrons. The predicted octanol–water partition coefficient (Wildman–Crippen LogP) is 3.58. The fraction of sp³-hybridized carbons (Fsp3) is 0.571. The molecule has 0 saturated heterocycles. The van der Waals surface area contributed by atoms with Gasteiger partial charge in [0.05, 0.1) is 12.1 Å². The summed E-state index contributed by atoms with van der Waals surface area (Å²) in [6.45, 7) is 5.79. The number of nitrogens with two attached hydrogens (primary N) is 1. The first-order valence-corrected chi connectivity index (χ1v) is 6.60. The Labute approximate surface area is 113 Å². The van der Waals surface area contributed by atoms with Gasteiger partial charge in [0, 0.05) is 10.6 Å². The smallest absolute Gasteiger partial charge is 0.132 e. The fourth-order valence-electron chi connectivity index (χ4n) is 1.86. The van der Waals surface area contributed by atoms with Crippen LogP contribution in [0, 0.1) is 18.7 Å². The zero-order chi connectivity index (χ0) is 13.9. The van der Waals surface area contributed by atoms with E-state index in [1.807, 2.05) is 0 Å². The molecule has 0 unspecified atom stereocenters. The van der Waals surface area contributed by atoms with E-state index in [0.717, 1.165) is 6.42 Å². The maximum absolute atomic E-state index is 14.0. The van der Waals surface area contributed by atoms with Crippen molar-refractivity contribution in [1.82, 2.24) is 0 Å². The minimum Gasteiger partial charge on any atom is -0.391 e. The molecule has 1 aromatic carbocycles. The van der Waals surface area contributed by atoms with E-state index in [9.17, 15) is 9.50 Å². The molecule has 2 nitrogen and oxygen atoms in total. The Morgan fingerprint density at radius 3 is 2.50 bits per heavy atom. The molecule has 0 aromatic heterocycles. The van der Waals surface area contributed by atoms with Crippen molar-refractivity contribution in [2.24, 2.45) is 11.7 Å². The van der Waals surface area contributed by atoms with E-state index in [1.54, 1.807) is 19.1 Å². The number of hydrogen-bond donors (Lipinski definition) is 2. The van der Waals surface area contributed by atoms with Gasteiger partial charge in [-0.15, -0.1) is 0 Å². The number of halogens is 2. The van der Waals surface area contributed by atoms with Crippen molar-refractivity contribution in [3.05, 3.63) is 34.1 Å². The van der Waals surface area contributed by atoms with Gasteiger partial charge in [0.25, 0.3) is 0 Å². The first-order chi connectivity index (χ1) is 8.34. The molecule has 0 aliphatic carbocycles. The number of rotatable bonds is 5. The maximum Gasteiger partial charge on any atom is 0.132 e. The van der Waals surface area contributed by atoms with Gasteiger partial charge in [-0.3, -0.25) is 0 Å². The summed E-state index contributed by atoms with van der Waals surface area (Å²) in [5.41, 5.74) is 6.62. The molecule has 0 bridgehead atoms. The Morgan fingerprint density at radius 2 is 1.94 bits per heavy atom. The standard InChI is InChI=1S/C14H21ClFNO/c1-8(2)4-7-11(18)14(17)12-10(15)6-5-9(3)13(12)16/h5-6,8,11,14,18H,4,7,17H2,1-3H3/t11-,14-/m0/s1. The quantitative estimate of drug-likeness (QED) is 0.861. The highest BCUT2D eigenvalue weighted by Crippen LogP contribution is 2.30. The Hall–Kier alpha value is -0.640. The first kappa shape index (κ1) is 15.4. The van der Waals surface area contributed by atoms with Crippen LogP contribution in [0.4, 0.5) is 4.39 Å².